The Morgan fingerprint density at radius 1 is 1.42 bits per heavy atom. The molecule has 1 amide bonds. The minimum absolute atomic E-state index is 0.0716. The Kier molecular flexibility index (Phi) is 2.90. The van der Waals surface area contributed by atoms with Crippen molar-refractivity contribution in [3.63, 3.8) is 0 Å². The summed E-state index contributed by atoms with van der Waals surface area (Å²) < 4.78 is 0. The monoisotopic (exact) mass is 261 g/mol. The highest BCUT2D eigenvalue weighted by Gasteiger charge is 2.18. The molecule has 1 aliphatic heterocycles. The van der Waals surface area contributed by atoms with Gasteiger partial charge in [-0.1, -0.05) is 0 Å². The predicted octanol–water partition coefficient (Wildman–Crippen LogP) is -0.0306. The highest BCUT2D eigenvalue weighted by molar-refractivity contribution is 5.87. The molecule has 1 aliphatic rings. The number of hydrogen-bond acceptors (Lipinski definition) is 6. The average Bonchev–Trinajstić information content (AvgIpc) is 3.05. The van der Waals surface area contributed by atoms with E-state index in [-0.39, 0.29) is 18.4 Å². The highest BCUT2D eigenvalue weighted by atomic mass is 16.2. The van der Waals surface area contributed by atoms with Gasteiger partial charge in [-0.15, -0.1) is 0 Å². The number of likely N-dealkylation sites (tertiary alicyclic amines) is 1. The number of carbonyl (C=O) groups excluding carboxylic acids is 1. The number of nitrogen functional groups attached to an aromatic ring is 1. The van der Waals surface area contributed by atoms with E-state index in [1.54, 1.807) is 0 Å². The van der Waals surface area contributed by atoms with Crippen molar-refractivity contribution in [1.29, 1.82) is 0 Å². The largest absolute Gasteiger partial charge is 0.368 e. The molecule has 0 unspecified atom stereocenters. The minimum Gasteiger partial charge on any atom is -0.368 e. The summed E-state index contributed by atoms with van der Waals surface area (Å²) in [7, 11) is 0. The fraction of sp³-hybridized carbons (Fsp3) is 0.455. The zero-order valence-electron chi connectivity index (χ0n) is 10.4. The first kappa shape index (κ1) is 11.7. The second-order valence-electron chi connectivity index (χ2n) is 4.47. The van der Waals surface area contributed by atoms with Crippen LogP contribution in [0, 0.1) is 0 Å². The van der Waals surface area contributed by atoms with Crippen molar-refractivity contribution in [3.8, 4) is 0 Å². The van der Waals surface area contributed by atoms with Crippen molar-refractivity contribution in [1.82, 2.24) is 24.8 Å². The van der Waals surface area contributed by atoms with E-state index >= 15 is 0 Å². The average molecular weight is 261 g/mol. The van der Waals surface area contributed by atoms with Crippen molar-refractivity contribution in [2.45, 2.75) is 12.8 Å². The normalized spacial score (nSPS) is 15.1. The van der Waals surface area contributed by atoms with Gasteiger partial charge in [-0.05, 0) is 12.8 Å². The standard InChI is InChI=1S/C11H15N7O/c12-11-16-9(8-10(17-11)15-6-14-8)13-5-7(19)18-3-1-2-4-18/h6H,1-5H2,(H4,12,13,14,15,16,17). The zero-order valence-corrected chi connectivity index (χ0v) is 10.4. The van der Waals surface area contributed by atoms with Crippen LogP contribution in [0.1, 0.15) is 12.8 Å². The fourth-order valence-electron chi connectivity index (χ4n) is 2.22. The molecule has 2 aromatic rings. The summed E-state index contributed by atoms with van der Waals surface area (Å²) in [5, 5.41) is 3.00. The number of nitrogens with zero attached hydrogens (tertiary/aromatic N) is 4. The Morgan fingerprint density at radius 2 is 2.21 bits per heavy atom. The molecule has 4 N–H and O–H groups in total. The van der Waals surface area contributed by atoms with Gasteiger partial charge in [-0.2, -0.15) is 9.97 Å². The molecule has 1 saturated heterocycles. The summed E-state index contributed by atoms with van der Waals surface area (Å²) in [4.78, 5) is 28.8. The Morgan fingerprint density at radius 3 is 3.00 bits per heavy atom. The van der Waals surface area contributed by atoms with E-state index in [1.807, 2.05) is 4.90 Å². The molecular formula is C11H15N7O. The van der Waals surface area contributed by atoms with Gasteiger partial charge < -0.3 is 20.9 Å². The van der Waals surface area contributed by atoms with Crippen molar-refractivity contribution in [3.05, 3.63) is 6.33 Å². The number of nitrogens with one attached hydrogen (secondary N) is 2. The molecule has 0 atom stereocenters. The summed E-state index contributed by atoms with van der Waals surface area (Å²) in [6, 6.07) is 0. The van der Waals surface area contributed by atoms with E-state index in [1.165, 1.54) is 6.33 Å². The molecule has 8 nitrogen and oxygen atoms in total. The number of anilines is 2. The molecule has 3 rings (SSSR count). The molecular weight excluding hydrogens is 246 g/mol. The SMILES string of the molecule is Nc1nc(NCC(=O)N2CCCC2)c2[nH]cnc2n1. The van der Waals surface area contributed by atoms with Crippen molar-refractivity contribution in [2.24, 2.45) is 0 Å². The summed E-state index contributed by atoms with van der Waals surface area (Å²) in [5.74, 6) is 0.714. The topological polar surface area (TPSA) is 113 Å². The molecule has 0 radical (unpaired) electrons. The van der Waals surface area contributed by atoms with Crippen LogP contribution in [0.5, 0.6) is 0 Å². The summed E-state index contributed by atoms with van der Waals surface area (Å²) in [5.41, 5.74) is 6.75. The summed E-state index contributed by atoms with van der Waals surface area (Å²) in [6.45, 7) is 1.88. The van der Waals surface area contributed by atoms with Gasteiger partial charge in [-0.25, -0.2) is 4.98 Å². The maximum absolute atomic E-state index is 11.9. The number of aromatic nitrogens is 4. The van der Waals surface area contributed by atoms with E-state index in [0.29, 0.717) is 17.0 Å². The predicted molar refractivity (Wildman–Crippen MR) is 70.4 cm³/mol. The second kappa shape index (κ2) is 4.71. The van der Waals surface area contributed by atoms with Crippen molar-refractivity contribution in [2.75, 3.05) is 30.7 Å². The van der Waals surface area contributed by atoms with Gasteiger partial charge in [0, 0.05) is 13.1 Å². The van der Waals surface area contributed by atoms with Crippen molar-refractivity contribution < 1.29 is 4.79 Å². The van der Waals surface area contributed by atoms with Crippen LogP contribution in [0.15, 0.2) is 6.33 Å². The molecule has 0 aromatic carbocycles. The number of nitrogens with two attached hydrogens (primary N) is 1. The Balaban J connectivity index is 1.74. The molecule has 0 spiro atoms. The third kappa shape index (κ3) is 2.28. The number of hydrogen-bond donors (Lipinski definition) is 3. The van der Waals surface area contributed by atoms with Gasteiger partial charge in [0.1, 0.15) is 5.52 Å². The molecule has 8 heteroatoms. The molecule has 0 aliphatic carbocycles. The van der Waals surface area contributed by atoms with E-state index < -0.39 is 0 Å². The lowest BCUT2D eigenvalue weighted by atomic mass is 10.4. The number of imidazole rings is 1. The Bertz CT molecular complexity index is 602. The van der Waals surface area contributed by atoms with Gasteiger partial charge in [0.25, 0.3) is 0 Å². The zero-order chi connectivity index (χ0) is 13.2. The maximum Gasteiger partial charge on any atom is 0.241 e. The van der Waals surface area contributed by atoms with Gasteiger partial charge in [0.05, 0.1) is 12.9 Å². The van der Waals surface area contributed by atoms with Crippen LogP contribution in [0.2, 0.25) is 0 Å². The van der Waals surface area contributed by atoms with Crippen LogP contribution in [-0.2, 0) is 4.79 Å². The molecule has 19 heavy (non-hydrogen) atoms. The molecule has 0 saturated carbocycles. The first-order chi connectivity index (χ1) is 9.24. The summed E-state index contributed by atoms with van der Waals surface area (Å²) >= 11 is 0. The number of carbonyl (C=O) groups is 1. The quantitative estimate of drug-likeness (QED) is 0.715. The first-order valence-electron chi connectivity index (χ1n) is 6.22. The molecule has 2 aromatic heterocycles. The lowest BCUT2D eigenvalue weighted by Crippen LogP contribution is -2.33. The van der Waals surface area contributed by atoms with Gasteiger partial charge >= 0.3 is 0 Å². The van der Waals surface area contributed by atoms with Crippen LogP contribution in [0.25, 0.3) is 11.2 Å². The number of rotatable bonds is 3. The summed E-state index contributed by atoms with van der Waals surface area (Å²) in [6.07, 6.45) is 3.68. The van der Waals surface area contributed by atoms with E-state index in [4.69, 9.17) is 5.73 Å². The maximum atomic E-state index is 11.9. The van der Waals surface area contributed by atoms with E-state index in [9.17, 15) is 4.79 Å². The van der Waals surface area contributed by atoms with Crippen LogP contribution in [0.3, 0.4) is 0 Å². The fourth-order valence-corrected chi connectivity index (χ4v) is 2.22. The number of amides is 1. The van der Waals surface area contributed by atoms with Gasteiger partial charge in [-0.3, -0.25) is 4.79 Å². The first-order valence-corrected chi connectivity index (χ1v) is 6.22. The van der Waals surface area contributed by atoms with E-state index in [0.717, 1.165) is 25.9 Å². The van der Waals surface area contributed by atoms with Gasteiger partial charge in [0.15, 0.2) is 11.5 Å². The van der Waals surface area contributed by atoms with Crippen LogP contribution >= 0.6 is 0 Å². The smallest absolute Gasteiger partial charge is 0.241 e. The van der Waals surface area contributed by atoms with Crippen LogP contribution < -0.4 is 11.1 Å². The van der Waals surface area contributed by atoms with Gasteiger partial charge in [0.2, 0.25) is 11.9 Å². The third-order valence-corrected chi connectivity index (χ3v) is 3.17. The third-order valence-electron chi connectivity index (χ3n) is 3.17. The lowest BCUT2D eigenvalue weighted by Gasteiger charge is -2.15. The van der Waals surface area contributed by atoms with E-state index in [2.05, 4.69) is 25.3 Å². The Labute approximate surface area is 109 Å². The number of fused-ring (bicyclic) bond motifs is 1. The molecule has 3 heterocycles. The van der Waals surface area contributed by atoms with Crippen LogP contribution in [-0.4, -0.2) is 50.4 Å². The Hall–Kier alpha value is -2.38. The number of H-pyrrole nitrogens is 1. The number of aromatic amines is 1. The molecule has 100 valence electrons. The van der Waals surface area contributed by atoms with Crippen LogP contribution in [0.4, 0.5) is 11.8 Å². The second-order valence-corrected chi connectivity index (χ2v) is 4.47. The minimum atomic E-state index is 0.0716. The molecule has 0 bridgehead atoms. The lowest BCUT2D eigenvalue weighted by molar-refractivity contribution is -0.128. The van der Waals surface area contributed by atoms with Crippen molar-refractivity contribution >= 4 is 28.8 Å². The molecule has 1 fully saturated rings. The highest BCUT2D eigenvalue weighted by Crippen LogP contribution is 2.17.